The van der Waals surface area contributed by atoms with E-state index in [9.17, 15) is 4.79 Å². The van der Waals surface area contributed by atoms with E-state index in [1.165, 1.54) is 5.69 Å². The second-order valence-electron chi connectivity index (χ2n) is 3.61. The molecule has 2 rings (SSSR count). The molecule has 0 saturated heterocycles. The molecular formula is C10H14N2O. The van der Waals surface area contributed by atoms with Crippen LogP contribution < -0.4 is 0 Å². The molecule has 3 nitrogen and oxygen atoms in total. The van der Waals surface area contributed by atoms with E-state index >= 15 is 0 Å². The van der Waals surface area contributed by atoms with Crippen molar-refractivity contribution in [3.63, 3.8) is 0 Å². The van der Waals surface area contributed by atoms with Crippen LogP contribution in [0, 0.1) is 0 Å². The molecule has 0 radical (unpaired) electrons. The first-order valence-corrected chi connectivity index (χ1v) is 4.59. The summed E-state index contributed by atoms with van der Waals surface area (Å²) in [6, 6.07) is 4.37. The number of rotatable bonds is 1. The van der Waals surface area contributed by atoms with Gasteiger partial charge in [-0.25, -0.2) is 0 Å². The predicted octanol–water partition coefficient (Wildman–Crippen LogP) is 1.31. The van der Waals surface area contributed by atoms with Crippen molar-refractivity contribution in [2.45, 2.75) is 19.5 Å². The van der Waals surface area contributed by atoms with Crippen molar-refractivity contribution in [2.75, 3.05) is 13.6 Å². The van der Waals surface area contributed by atoms with Gasteiger partial charge < -0.3 is 4.57 Å². The lowest BCUT2D eigenvalue weighted by Crippen LogP contribution is -2.33. The molecule has 1 unspecified atom stereocenters. The van der Waals surface area contributed by atoms with Crippen LogP contribution in [0.25, 0.3) is 0 Å². The van der Waals surface area contributed by atoms with Gasteiger partial charge in [-0.3, -0.25) is 9.69 Å². The van der Waals surface area contributed by atoms with Crippen molar-refractivity contribution in [3.8, 4) is 0 Å². The third-order valence-electron chi connectivity index (χ3n) is 2.93. The molecule has 0 spiro atoms. The van der Waals surface area contributed by atoms with Gasteiger partial charge in [-0.2, -0.15) is 0 Å². The number of hydrogen-bond donors (Lipinski definition) is 0. The van der Waals surface area contributed by atoms with E-state index in [1.807, 2.05) is 12.1 Å². The van der Waals surface area contributed by atoms with Gasteiger partial charge in [-0.15, -0.1) is 0 Å². The zero-order valence-corrected chi connectivity index (χ0v) is 8.03. The summed E-state index contributed by atoms with van der Waals surface area (Å²) in [5.41, 5.74) is 2.05. The highest BCUT2D eigenvalue weighted by Gasteiger charge is 2.21. The third-order valence-corrected chi connectivity index (χ3v) is 2.93. The maximum absolute atomic E-state index is 10.7. The smallest absolute Gasteiger partial charge is 0.166 e. The van der Waals surface area contributed by atoms with Crippen LogP contribution in [0.4, 0.5) is 0 Å². The molecule has 13 heavy (non-hydrogen) atoms. The Hall–Kier alpha value is -1.09. The predicted molar refractivity (Wildman–Crippen MR) is 50.9 cm³/mol. The van der Waals surface area contributed by atoms with Crippen LogP contribution >= 0.6 is 0 Å². The van der Waals surface area contributed by atoms with Crippen molar-refractivity contribution in [3.05, 3.63) is 23.5 Å². The maximum atomic E-state index is 10.7. The fraction of sp³-hybridized carbons (Fsp3) is 0.500. The number of carbonyl (C=O) groups is 1. The highest BCUT2D eigenvalue weighted by molar-refractivity contribution is 5.72. The maximum Gasteiger partial charge on any atom is 0.166 e. The van der Waals surface area contributed by atoms with Crippen molar-refractivity contribution >= 4 is 6.29 Å². The van der Waals surface area contributed by atoms with Crippen LogP contribution in [0.15, 0.2) is 12.1 Å². The van der Waals surface area contributed by atoms with Crippen molar-refractivity contribution < 1.29 is 4.79 Å². The molecule has 1 aromatic rings. The van der Waals surface area contributed by atoms with Crippen LogP contribution in [-0.4, -0.2) is 29.3 Å². The minimum absolute atomic E-state index is 0.419. The highest BCUT2D eigenvalue weighted by Crippen LogP contribution is 2.24. The molecule has 0 fully saturated rings. The largest absolute Gasteiger partial charge is 0.340 e. The van der Waals surface area contributed by atoms with E-state index in [2.05, 4.69) is 23.4 Å². The number of hydrogen-bond acceptors (Lipinski definition) is 2. The lowest BCUT2D eigenvalue weighted by atomic mass is 10.2. The van der Waals surface area contributed by atoms with Gasteiger partial charge >= 0.3 is 0 Å². The topological polar surface area (TPSA) is 25.2 Å². The van der Waals surface area contributed by atoms with E-state index in [0.29, 0.717) is 6.04 Å². The summed E-state index contributed by atoms with van der Waals surface area (Å²) in [4.78, 5) is 13.0. The molecule has 0 bridgehead atoms. The fourth-order valence-corrected chi connectivity index (χ4v) is 1.90. The van der Waals surface area contributed by atoms with Crippen molar-refractivity contribution in [1.29, 1.82) is 0 Å². The summed E-state index contributed by atoms with van der Waals surface area (Å²) in [7, 11) is 2.11. The molecule has 0 saturated carbocycles. The van der Waals surface area contributed by atoms with E-state index in [-0.39, 0.29) is 0 Å². The van der Waals surface area contributed by atoms with Crippen LogP contribution in [0.2, 0.25) is 0 Å². The average Bonchev–Trinajstić information content (AvgIpc) is 2.55. The molecule has 0 amide bonds. The Kier molecular flexibility index (Phi) is 1.96. The van der Waals surface area contributed by atoms with Gasteiger partial charge in [0.15, 0.2) is 6.29 Å². The summed E-state index contributed by atoms with van der Waals surface area (Å²) in [5, 5.41) is 0. The van der Waals surface area contributed by atoms with E-state index < -0.39 is 0 Å². The minimum atomic E-state index is 0.419. The summed E-state index contributed by atoms with van der Waals surface area (Å²) in [5.74, 6) is 0. The summed E-state index contributed by atoms with van der Waals surface area (Å²) in [6.45, 7) is 4.11. The molecule has 3 heteroatoms. The van der Waals surface area contributed by atoms with E-state index in [1.54, 1.807) is 0 Å². The number of carbonyl (C=O) groups excluding carboxylic acids is 1. The van der Waals surface area contributed by atoms with Crippen molar-refractivity contribution in [1.82, 2.24) is 9.47 Å². The highest BCUT2D eigenvalue weighted by atomic mass is 16.1. The van der Waals surface area contributed by atoms with Crippen LogP contribution in [0.3, 0.4) is 0 Å². The van der Waals surface area contributed by atoms with Crippen molar-refractivity contribution in [2.24, 2.45) is 0 Å². The summed E-state index contributed by atoms with van der Waals surface area (Å²) in [6.07, 6.45) is 0.932. The first-order valence-electron chi connectivity index (χ1n) is 4.59. The van der Waals surface area contributed by atoms with Gasteiger partial charge in [-0.1, -0.05) is 0 Å². The number of aldehydes is 1. The van der Waals surface area contributed by atoms with Gasteiger partial charge in [0, 0.05) is 24.8 Å². The van der Waals surface area contributed by atoms with E-state index in [4.69, 9.17) is 0 Å². The quantitative estimate of drug-likeness (QED) is 0.606. The van der Waals surface area contributed by atoms with Crippen LogP contribution in [0.1, 0.15) is 29.1 Å². The van der Waals surface area contributed by atoms with Crippen LogP contribution in [0.5, 0.6) is 0 Å². The zero-order chi connectivity index (χ0) is 9.42. The lowest BCUT2D eigenvalue weighted by Gasteiger charge is -2.31. The fourth-order valence-electron chi connectivity index (χ4n) is 1.90. The number of nitrogens with zero attached hydrogens (tertiary/aromatic N) is 2. The third kappa shape index (κ3) is 1.20. The van der Waals surface area contributed by atoms with Gasteiger partial charge in [0.25, 0.3) is 0 Å². The Bertz CT molecular complexity index is 330. The molecule has 1 aliphatic heterocycles. The normalized spacial score (nSPS) is 22.8. The SMILES string of the molecule is CC1c2ccc(C=O)n2CCN1C. The Morgan fingerprint density at radius 2 is 2.23 bits per heavy atom. The first-order chi connectivity index (χ1) is 6.24. The Balaban J connectivity index is 2.45. The zero-order valence-electron chi connectivity index (χ0n) is 8.03. The molecular weight excluding hydrogens is 164 g/mol. The summed E-state index contributed by atoms with van der Waals surface area (Å²) >= 11 is 0. The number of aromatic nitrogens is 1. The molecule has 70 valence electrons. The molecule has 2 heterocycles. The Labute approximate surface area is 78.0 Å². The summed E-state index contributed by atoms with van der Waals surface area (Å²) < 4.78 is 2.11. The van der Waals surface area contributed by atoms with Gasteiger partial charge in [0.2, 0.25) is 0 Å². The van der Waals surface area contributed by atoms with Crippen LogP contribution in [-0.2, 0) is 6.54 Å². The average molecular weight is 178 g/mol. The monoisotopic (exact) mass is 178 g/mol. The molecule has 1 atom stereocenters. The Morgan fingerprint density at radius 1 is 1.46 bits per heavy atom. The minimum Gasteiger partial charge on any atom is -0.340 e. The van der Waals surface area contributed by atoms with E-state index in [0.717, 1.165) is 25.1 Å². The molecule has 1 aliphatic rings. The first kappa shape index (κ1) is 8.51. The lowest BCUT2D eigenvalue weighted by molar-refractivity contribution is 0.111. The molecule has 0 aromatic carbocycles. The molecule has 1 aromatic heterocycles. The second-order valence-corrected chi connectivity index (χ2v) is 3.61. The van der Waals surface area contributed by atoms with Gasteiger partial charge in [0.1, 0.15) is 0 Å². The number of likely N-dealkylation sites (N-methyl/N-ethyl adjacent to an activating group) is 1. The number of fused-ring (bicyclic) bond motifs is 1. The molecule has 0 aliphatic carbocycles. The standard InChI is InChI=1S/C10H14N2O/c1-8-10-4-3-9(7-13)12(10)6-5-11(8)2/h3-4,7-8H,5-6H2,1-2H3. The van der Waals surface area contributed by atoms with Gasteiger partial charge in [0.05, 0.1) is 5.69 Å². The van der Waals surface area contributed by atoms with Gasteiger partial charge in [-0.05, 0) is 26.1 Å². The second kappa shape index (κ2) is 3.00. The molecule has 0 N–H and O–H groups in total. The Morgan fingerprint density at radius 3 is 2.92 bits per heavy atom.